The standard InChI is InChI=1S/C24H29NO.C9H12/c1-5-8-24(26)22-14-18(15-25-23(22)6-2)19-9-7-10-20(19)21-13-16(3)11-12-17(21)4;1-3-9-6-4-8(2)5-7-9/h11-15H,5-10H2,1-4H3;4-7H,3H2,1-2H3. The van der Waals surface area contributed by atoms with Gasteiger partial charge in [0.05, 0.1) is 5.69 Å². The lowest BCUT2D eigenvalue weighted by Crippen LogP contribution is -2.06. The summed E-state index contributed by atoms with van der Waals surface area (Å²) in [5, 5.41) is 0. The van der Waals surface area contributed by atoms with Crippen LogP contribution >= 0.6 is 0 Å². The Morgan fingerprint density at radius 3 is 2.17 bits per heavy atom. The number of benzene rings is 2. The average Bonchev–Trinajstić information content (AvgIpc) is 3.36. The molecule has 0 radical (unpaired) electrons. The summed E-state index contributed by atoms with van der Waals surface area (Å²) in [6.07, 6.45) is 8.74. The highest BCUT2D eigenvalue weighted by Crippen LogP contribution is 2.41. The summed E-state index contributed by atoms with van der Waals surface area (Å²) in [5.74, 6) is 0.227. The van der Waals surface area contributed by atoms with E-state index in [1.54, 1.807) is 0 Å². The largest absolute Gasteiger partial charge is 0.294 e. The summed E-state index contributed by atoms with van der Waals surface area (Å²) in [7, 11) is 0. The van der Waals surface area contributed by atoms with Crippen molar-refractivity contribution in [1.82, 2.24) is 4.98 Å². The van der Waals surface area contributed by atoms with E-state index in [0.717, 1.165) is 48.9 Å². The second-order valence-corrected chi connectivity index (χ2v) is 9.71. The van der Waals surface area contributed by atoms with E-state index in [9.17, 15) is 4.79 Å². The Morgan fingerprint density at radius 2 is 1.51 bits per heavy atom. The minimum absolute atomic E-state index is 0.227. The van der Waals surface area contributed by atoms with Crippen molar-refractivity contribution in [1.29, 1.82) is 0 Å². The molecule has 1 heterocycles. The van der Waals surface area contributed by atoms with Gasteiger partial charge in [-0.1, -0.05) is 74.4 Å². The molecule has 35 heavy (non-hydrogen) atoms. The van der Waals surface area contributed by atoms with Crippen LogP contribution in [0.25, 0.3) is 11.1 Å². The molecule has 0 N–H and O–H groups in total. The minimum Gasteiger partial charge on any atom is -0.294 e. The molecule has 0 unspecified atom stereocenters. The number of hydrogen-bond acceptors (Lipinski definition) is 2. The summed E-state index contributed by atoms with van der Waals surface area (Å²) in [5.41, 5.74) is 12.4. The zero-order valence-corrected chi connectivity index (χ0v) is 22.5. The maximum absolute atomic E-state index is 12.6. The molecule has 184 valence electrons. The lowest BCUT2D eigenvalue weighted by Gasteiger charge is -2.14. The second kappa shape index (κ2) is 12.6. The molecule has 1 aromatic heterocycles. The van der Waals surface area contributed by atoms with Crippen molar-refractivity contribution in [2.75, 3.05) is 0 Å². The Bertz CT molecular complexity index is 1180. The van der Waals surface area contributed by atoms with Crippen molar-refractivity contribution in [3.05, 3.63) is 99.4 Å². The zero-order valence-electron chi connectivity index (χ0n) is 22.5. The van der Waals surface area contributed by atoms with Crippen molar-refractivity contribution < 1.29 is 4.79 Å². The molecule has 2 aromatic carbocycles. The van der Waals surface area contributed by atoms with Gasteiger partial charge >= 0.3 is 0 Å². The summed E-state index contributed by atoms with van der Waals surface area (Å²) < 4.78 is 0. The van der Waals surface area contributed by atoms with Gasteiger partial charge in [0.25, 0.3) is 0 Å². The van der Waals surface area contributed by atoms with E-state index >= 15 is 0 Å². The normalized spacial score (nSPS) is 13.0. The number of carbonyl (C=O) groups is 1. The van der Waals surface area contributed by atoms with Gasteiger partial charge in [0, 0.05) is 18.2 Å². The SMILES string of the molecule is CCCC(=O)c1cc(C2=C(c3cc(C)ccc3C)CCC2)cnc1CC.CCc1ccc(C)cc1. The fraction of sp³-hybridized carbons (Fsp3) is 0.394. The van der Waals surface area contributed by atoms with Crippen LogP contribution in [-0.2, 0) is 12.8 Å². The van der Waals surface area contributed by atoms with Gasteiger partial charge in [-0.2, -0.15) is 0 Å². The van der Waals surface area contributed by atoms with Gasteiger partial charge in [0.2, 0.25) is 0 Å². The molecule has 2 heteroatoms. The number of nitrogens with zero attached hydrogens (tertiary/aromatic N) is 1. The number of carbonyl (C=O) groups excluding carboxylic acids is 1. The molecular weight excluding hydrogens is 426 g/mol. The van der Waals surface area contributed by atoms with Crippen LogP contribution in [0.1, 0.15) is 102 Å². The maximum atomic E-state index is 12.6. The highest BCUT2D eigenvalue weighted by molar-refractivity contribution is 5.99. The molecule has 0 saturated heterocycles. The summed E-state index contributed by atoms with van der Waals surface area (Å²) in [6.45, 7) is 12.7. The van der Waals surface area contributed by atoms with E-state index in [1.165, 1.54) is 45.4 Å². The Balaban J connectivity index is 0.000000320. The Kier molecular flexibility index (Phi) is 9.60. The molecule has 0 bridgehead atoms. The highest BCUT2D eigenvalue weighted by atomic mass is 16.1. The van der Waals surface area contributed by atoms with E-state index in [-0.39, 0.29) is 5.78 Å². The molecule has 0 spiro atoms. The number of rotatable bonds is 7. The Labute approximate surface area is 212 Å². The van der Waals surface area contributed by atoms with Crippen LogP contribution in [0.15, 0.2) is 54.7 Å². The number of aryl methyl sites for hydroxylation is 5. The lowest BCUT2D eigenvalue weighted by molar-refractivity contribution is 0.0980. The van der Waals surface area contributed by atoms with Crippen LogP contribution in [0.2, 0.25) is 0 Å². The molecule has 1 aliphatic rings. The van der Waals surface area contributed by atoms with E-state index in [0.29, 0.717) is 6.42 Å². The monoisotopic (exact) mass is 467 g/mol. The molecule has 4 rings (SSSR count). The van der Waals surface area contributed by atoms with Crippen LogP contribution < -0.4 is 0 Å². The minimum atomic E-state index is 0.227. The van der Waals surface area contributed by atoms with Crippen molar-refractivity contribution in [2.24, 2.45) is 0 Å². The van der Waals surface area contributed by atoms with Crippen molar-refractivity contribution in [3.63, 3.8) is 0 Å². The molecule has 0 atom stereocenters. The molecule has 0 aliphatic heterocycles. The van der Waals surface area contributed by atoms with E-state index < -0.39 is 0 Å². The van der Waals surface area contributed by atoms with Crippen LogP contribution in [0.3, 0.4) is 0 Å². The first-order chi connectivity index (χ1) is 16.9. The lowest BCUT2D eigenvalue weighted by atomic mass is 9.92. The van der Waals surface area contributed by atoms with Crippen LogP contribution in [0.4, 0.5) is 0 Å². The number of pyridine rings is 1. The van der Waals surface area contributed by atoms with Gasteiger partial charge in [0.1, 0.15) is 0 Å². The van der Waals surface area contributed by atoms with Gasteiger partial charge in [-0.15, -0.1) is 0 Å². The van der Waals surface area contributed by atoms with Crippen LogP contribution in [0.5, 0.6) is 0 Å². The van der Waals surface area contributed by atoms with Crippen molar-refractivity contribution in [2.45, 2.75) is 86.5 Å². The topological polar surface area (TPSA) is 30.0 Å². The predicted molar refractivity (Wildman–Crippen MR) is 150 cm³/mol. The maximum Gasteiger partial charge on any atom is 0.164 e. The summed E-state index contributed by atoms with van der Waals surface area (Å²) in [6, 6.07) is 17.4. The number of ketones is 1. The number of aromatic nitrogens is 1. The quantitative estimate of drug-likeness (QED) is 0.325. The fourth-order valence-electron chi connectivity index (χ4n) is 4.79. The predicted octanol–water partition coefficient (Wildman–Crippen LogP) is 8.90. The highest BCUT2D eigenvalue weighted by Gasteiger charge is 2.21. The van der Waals surface area contributed by atoms with Crippen molar-refractivity contribution in [3.8, 4) is 0 Å². The van der Waals surface area contributed by atoms with Gasteiger partial charge in [-0.25, -0.2) is 0 Å². The second-order valence-electron chi connectivity index (χ2n) is 9.71. The third kappa shape index (κ3) is 6.78. The molecular formula is C33H41NO. The summed E-state index contributed by atoms with van der Waals surface area (Å²) >= 11 is 0. The van der Waals surface area contributed by atoms with Gasteiger partial charge < -0.3 is 0 Å². The molecule has 0 amide bonds. The molecule has 3 aromatic rings. The first-order valence-electron chi connectivity index (χ1n) is 13.3. The third-order valence-corrected chi connectivity index (χ3v) is 6.90. The van der Waals surface area contributed by atoms with E-state index in [1.807, 2.05) is 6.20 Å². The van der Waals surface area contributed by atoms with E-state index in [2.05, 4.69) is 95.1 Å². The number of Topliss-reactive ketones (excluding diaryl/α,β-unsaturated/α-hetero) is 1. The number of allylic oxidation sites excluding steroid dienone is 2. The molecule has 0 saturated carbocycles. The fourth-order valence-corrected chi connectivity index (χ4v) is 4.79. The first kappa shape index (κ1) is 26.6. The van der Waals surface area contributed by atoms with Gasteiger partial charge in [0.15, 0.2) is 5.78 Å². The zero-order chi connectivity index (χ0) is 25.4. The molecule has 2 nitrogen and oxygen atoms in total. The first-order valence-corrected chi connectivity index (χ1v) is 13.3. The van der Waals surface area contributed by atoms with E-state index in [4.69, 9.17) is 0 Å². The van der Waals surface area contributed by atoms with Gasteiger partial charge in [-0.05, 0) is 98.8 Å². The van der Waals surface area contributed by atoms with Gasteiger partial charge in [-0.3, -0.25) is 9.78 Å². The van der Waals surface area contributed by atoms with Crippen molar-refractivity contribution >= 4 is 16.9 Å². The number of hydrogen-bond donors (Lipinski definition) is 0. The molecule has 1 aliphatic carbocycles. The smallest absolute Gasteiger partial charge is 0.164 e. The van der Waals surface area contributed by atoms with Crippen LogP contribution in [0, 0.1) is 20.8 Å². The average molecular weight is 468 g/mol. The summed E-state index contributed by atoms with van der Waals surface area (Å²) in [4.78, 5) is 17.2. The Morgan fingerprint density at radius 1 is 0.829 bits per heavy atom. The molecule has 0 fully saturated rings. The Hall–Kier alpha value is -3.00. The third-order valence-electron chi connectivity index (χ3n) is 6.90. The van der Waals surface area contributed by atoms with Crippen LogP contribution in [-0.4, -0.2) is 10.8 Å².